The molecular formula is C21H26FN5OS2. The number of nitrogens with zero attached hydrogens (tertiary/aromatic N) is 2. The number of hydrogen-bond acceptors (Lipinski definition) is 7. The van der Waals surface area contributed by atoms with E-state index in [9.17, 15) is 9.18 Å². The summed E-state index contributed by atoms with van der Waals surface area (Å²) in [5, 5.41) is 7.76. The number of thioether (sulfide) groups is 1. The number of rotatable bonds is 4. The maximum absolute atomic E-state index is 14.6. The average Bonchev–Trinajstić information content (AvgIpc) is 3.12. The molecule has 0 aliphatic carbocycles. The zero-order chi connectivity index (χ0) is 21.3. The Balaban J connectivity index is 1.56. The lowest BCUT2D eigenvalue weighted by atomic mass is 9.89. The van der Waals surface area contributed by atoms with Crippen molar-refractivity contribution in [3.8, 4) is 0 Å². The fourth-order valence-electron chi connectivity index (χ4n) is 3.96. The van der Waals surface area contributed by atoms with Crippen LogP contribution in [0.25, 0.3) is 0 Å². The second-order valence-corrected chi connectivity index (χ2v) is 10.1. The molecule has 2 aliphatic heterocycles. The average molecular weight is 448 g/mol. The van der Waals surface area contributed by atoms with Crippen LogP contribution in [-0.2, 0) is 5.54 Å². The van der Waals surface area contributed by atoms with Crippen LogP contribution in [0.1, 0.15) is 58.0 Å². The molecular weight excluding hydrogens is 421 g/mol. The van der Waals surface area contributed by atoms with E-state index >= 15 is 0 Å². The Bertz CT molecular complexity index is 986. The van der Waals surface area contributed by atoms with Gasteiger partial charge in [0.1, 0.15) is 10.7 Å². The number of piperidine rings is 1. The summed E-state index contributed by atoms with van der Waals surface area (Å²) < 4.78 is 14.6. The predicted octanol–water partition coefficient (Wildman–Crippen LogP) is 3.98. The number of halogens is 1. The molecule has 0 radical (unpaired) electrons. The van der Waals surface area contributed by atoms with Gasteiger partial charge in [0.25, 0.3) is 5.91 Å². The van der Waals surface area contributed by atoms with Crippen LogP contribution in [0.15, 0.2) is 23.2 Å². The van der Waals surface area contributed by atoms with Crippen LogP contribution in [-0.4, -0.2) is 34.9 Å². The van der Waals surface area contributed by atoms with Gasteiger partial charge in [-0.15, -0.1) is 11.3 Å². The number of benzene rings is 1. The van der Waals surface area contributed by atoms with Crippen LogP contribution in [0.3, 0.4) is 0 Å². The second kappa shape index (κ2) is 8.64. The van der Waals surface area contributed by atoms with Crippen molar-refractivity contribution in [2.45, 2.75) is 44.6 Å². The van der Waals surface area contributed by atoms with Gasteiger partial charge in [0, 0.05) is 22.9 Å². The summed E-state index contributed by atoms with van der Waals surface area (Å²) in [7, 11) is 0. The highest BCUT2D eigenvalue weighted by atomic mass is 32.2. The van der Waals surface area contributed by atoms with Crippen molar-refractivity contribution in [2.24, 2.45) is 10.7 Å². The van der Waals surface area contributed by atoms with E-state index in [1.54, 1.807) is 12.1 Å². The lowest BCUT2D eigenvalue weighted by molar-refractivity contribution is 0.102. The van der Waals surface area contributed by atoms with Crippen molar-refractivity contribution in [2.75, 3.05) is 24.2 Å². The van der Waals surface area contributed by atoms with Crippen LogP contribution in [0.5, 0.6) is 0 Å². The van der Waals surface area contributed by atoms with Crippen LogP contribution < -0.4 is 16.4 Å². The minimum absolute atomic E-state index is 0.213. The van der Waals surface area contributed by atoms with E-state index < -0.39 is 5.54 Å². The largest absolute Gasteiger partial charge is 0.379 e. The molecule has 0 spiro atoms. The predicted molar refractivity (Wildman–Crippen MR) is 122 cm³/mol. The van der Waals surface area contributed by atoms with E-state index in [1.807, 2.05) is 13.8 Å². The summed E-state index contributed by atoms with van der Waals surface area (Å²) in [6, 6.07) is 4.63. The highest BCUT2D eigenvalue weighted by molar-refractivity contribution is 8.13. The van der Waals surface area contributed by atoms with Gasteiger partial charge in [0.15, 0.2) is 5.17 Å². The molecule has 0 bridgehead atoms. The second-order valence-electron chi connectivity index (χ2n) is 7.96. The number of nitrogens with one attached hydrogen (secondary N) is 2. The first kappa shape index (κ1) is 21.3. The molecule has 1 amide bonds. The molecule has 2 aliphatic rings. The Morgan fingerprint density at radius 3 is 2.87 bits per heavy atom. The third-order valence-electron chi connectivity index (χ3n) is 5.71. The summed E-state index contributed by atoms with van der Waals surface area (Å²) in [5.41, 5.74) is 6.88. The summed E-state index contributed by atoms with van der Waals surface area (Å²) in [6.07, 6.45) is 2.76. The molecule has 160 valence electrons. The lowest BCUT2D eigenvalue weighted by Crippen LogP contribution is -2.29. The number of aryl methyl sites for hydroxylation is 1. The monoisotopic (exact) mass is 447 g/mol. The molecule has 2 aromatic rings. The van der Waals surface area contributed by atoms with Gasteiger partial charge in [-0.2, -0.15) is 0 Å². The molecule has 1 atom stereocenters. The number of hydrogen-bond donors (Lipinski definition) is 3. The number of nitrogens with two attached hydrogens (primary N) is 1. The first-order valence-corrected chi connectivity index (χ1v) is 11.9. The fourth-order valence-corrected chi connectivity index (χ4v) is 6.06. The number of carbonyl (C=O) groups is 1. The van der Waals surface area contributed by atoms with Crippen molar-refractivity contribution in [1.82, 2.24) is 10.3 Å². The minimum Gasteiger partial charge on any atom is -0.379 e. The molecule has 0 saturated carbocycles. The molecule has 3 heterocycles. The van der Waals surface area contributed by atoms with Gasteiger partial charge in [-0.05, 0) is 64.4 Å². The Kier molecular flexibility index (Phi) is 6.13. The number of aliphatic imine (C=N–C) groups is 1. The van der Waals surface area contributed by atoms with Crippen LogP contribution in [0, 0.1) is 12.7 Å². The van der Waals surface area contributed by atoms with Gasteiger partial charge in [-0.3, -0.25) is 9.79 Å². The van der Waals surface area contributed by atoms with Gasteiger partial charge in [-0.1, -0.05) is 11.8 Å². The van der Waals surface area contributed by atoms with E-state index in [0.29, 0.717) is 33.6 Å². The molecule has 1 aromatic heterocycles. The van der Waals surface area contributed by atoms with Crippen molar-refractivity contribution in [3.05, 3.63) is 45.2 Å². The Morgan fingerprint density at radius 2 is 2.13 bits per heavy atom. The highest BCUT2D eigenvalue weighted by Crippen LogP contribution is 2.38. The van der Waals surface area contributed by atoms with Crippen LogP contribution >= 0.6 is 23.1 Å². The smallest absolute Gasteiger partial charge is 0.267 e. The maximum atomic E-state index is 14.6. The topological polar surface area (TPSA) is 92.4 Å². The van der Waals surface area contributed by atoms with Crippen LogP contribution in [0.2, 0.25) is 0 Å². The molecule has 6 nitrogen and oxygen atoms in total. The summed E-state index contributed by atoms with van der Waals surface area (Å²) in [5.74, 6) is 0.624. The van der Waals surface area contributed by atoms with Crippen LogP contribution in [0.4, 0.5) is 10.1 Å². The van der Waals surface area contributed by atoms with E-state index in [1.165, 1.54) is 29.2 Å². The van der Waals surface area contributed by atoms with Crippen molar-refractivity contribution in [1.29, 1.82) is 0 Å². The number of aromatic nitrogens is 1. The third kappa shape index (κ3) is 4.38. The van der Waals surface area contributed by atoms with Gasteiger partial charge in [-0.25, -0.2) is 9.37 Å². The minimum atomic E-state index is -0.733. The first-order chi connectivity index (χ1) is 14.4. The molecule has 1 unspecified atom stereocenters. The van der Waals surface area contributed by atoms with Crippen molar-refractivity contribution >= 4 is 39.9 Å². The molecule has 1 fully saturated rings. The number of carbonyl (C=O) groups excluding carboxylic acids is 1. The SMILES string of the molecule is Cc1nc(C2CCNCC2)sc1C(=O)Nc1ccc(F)c(C2(C)CCSC(N)=N2)c1. The summed E-state index contributed by atoms with van der Waals surface area (Å²) in [4.78, 5) is 22.7. The molecule has 1 aromatic carbocycles. The van der Waals surface area contributed by atoms with Gasteiger partial charge >= 0.3 is 0 Å². The third-order valence-corrected chi connectivity index (χ3v) is 7.82. The van der Waals surface area contributed by atoms with E-state index in [4.69, 9.17) is 5.73 Å². The molecule has 30 heavy (non-hydrogen) atoms. The Morgan fingerprint density at radius 1 is 1.37 bits per heavy atom. The Labute approximate surface area is 184 Å². The quantitative estimate of drug-likeness (QED) is 0.659. The number of thiazole rings is 1. The van der Waals surface area contributed by atoms with Crippen molar-refractivity contribution in [3.63, 3.8) is 0 Å². The van der Waals surface area contributed by atoms with Gasteiger partial charge < -0.3 is 16.4 Å². The standard InChI is InChI=1S/C21H26FN5OS2/c1-12-17(30-19(25-12)13-5-8-24-9-6-13)18(28)26-14-3-4-16(22)15(11-14)21(2)7-10-29-20(23)27-21/h3-4,11,13,24H,5-10H2,1-2H3,(H2,23,27)(H,26,28). The van der Waals surface area contributed by atoms with E-state index in [0.717, 1.165) is 42.4 Å². The normalized spacial score (nSPS) is 22.6. The summed E-state index contributed by atoms with van der Waals surface area (Å²) in [6.45, 7) is 5.70. The van der Waals surface area contributed by atoms with E-state index in [2.05, 4.69) is 20.6 Å². The fraction of sp³-hybridized carbons (Fsp3) is 0.476. The molecule has 4 N–H and O–H groups in total. The van der Waals surface area contributed by atoms with Gasteiger partial charge in [0.2, 0.25) is 0 Å². The van der Waals surface area contributed by atoms with Gasteiger partial charge in [0.05, 0.1) is 16.2 Å². The molecule has 4 rings (SSSR count). The first-order valence-electron chi connectivity index (χ1n) is 10.1. The highest BCUT2D eigenvalue weighted by Gasteiger charge is 2.32. The molecule has 1 saturated heterocycles. The molecule has 9 heteroatoms. The number of amidine groups is 1. The number of amides is 1. The lowest BCUT2D eigenvalue weighted by Gasteiger charge is -2.30. The summed E-state index contributed by atoms with van der Waals surface area (Å²) >= 11 is 2.94. The Hall–Kier alpha value is -1.97. The van der Waals surface area contributed by atoms with E-state index in [-0.39, 0.29) is 11.7 Å². The zero-order valence-electron chi connectivity index (χ0n) is 17.1. The zero-order valence-corrected chi connectivity index (χ0v) is 18.8. The maximum Gasteiger partial charge on any atom is 0.267 e. The van der Waals surface area contributed by atoms with Crippen molar-refractivity contribution < 1.29 is 9.18 Å². The number of anilines is 1.